The van der Waals surface area contributed by atoms with Crippen molar-refractivity contribution in [2.45, 2.75) is 37.4 Å². The van der Waals surface area contributed by atoms with Gasteiger partial charge in [0.2, 0.25) is 11.8 Å². The molecule has 0 spiro atoms. The zero-order valence-corrected chi connectivity index (χ0v) is 14.2. The topological polar surface area (TPSA) is 153 Å². The maximum atomic E-state index is 12.5. The van der Waals surface area contributed by atoms with E-state index in [0.29, 0.717) is 24.9 Å². The summed E-state index contributed by atoms with van der Waals surface area (Å²) in [5.74, 6) is -2.23. The molecule has 0 bridgehead atoms. The van der Waals surface area contributed by atoms with Gasteiger partial charge >= 0.3 is 5.97 Å². The van der Waals surface area contributed by atoms with Crippen LogP contribution in [0.15, 0.2) is 24.3 Å². The third-order valence-electron chi connectivity index (χ3n) is 4.34. The number of nitrogens with zero attached hydrogens (tertiary/aromatic N) is 1. The number of carboxylic acids is 1. The third kappa shape index (κ3) is 4.70. The number of aromatic hydroxyl groups is 1. The highest BCUT2D eigenvalue weighted by Crippen LogP contribution is 2.19. The van der Waals surface area contributed by atoms with Crippen LogP contribution in [0.1, 0.15) is 18.4 Å². The van der Waals surface area contributed by atoms with Crippen LogP contribution in [-0.4, -0.2) is 69.3 Å². The molecule has 1 aliphatic rings. The first-order valence-corrected chi connectivity index (χ1v) is 8.31. The number of aliphatic carboxylic acids is 1. The highest BCUT2D eigenvalue weighted by Gasteiger charge is 2.37. The van der Waals surface area contributed by atoms with Crippen LogP contribution < -0.4 is 11.1 Å². The predicted molar refractivity (Wildman–Crippen MR) is 91.2 cm³/mol. The molecule has 0 aromatic heterocycles. The molecule has 1 aliphatic heterocycles. The Balaban J connectivity index is 2.05. The summed E-state index contributed by atoms with van der Waals surface area (Å²) >= 11 is 0. The molecule has 2 amide bonds. The summed E-state index contributed by atoms with van der Waals surface area (Å²) in [5.41, 5.74) is 6.17. The number of hydrogen-bond acceptors (Lipinski definition) is 6. The summed E-state index contributed by atoms with van der Waals surface area (Å²) in [6.45, 7) is -0.192. The molecule has 9 heteroatoms. The molecule has 6 N–H and O–H groups in total. The van der Waals surface area contributed by atoms with Gasteiger partial charge in [-0.1, -0.05) is 12.1 Å². The van der Waals surface area contributed by atoms with E-state index >= 15 is 0 Å². The van der Waals surface area contributed by atoms with Crippen LogP contribution in [0.2, 0.25) is 0 Å². The van der Waals surface area contributed by atoms with E-state index in [9.17, 15) is 24.6 Å². The summed E-state index contributed by atoms with van der Waals surface area (Å²) in [5, 5.41) is 30.2. The highest BCUT2D eigenvalue weighted by atomic mass is 16.4. The van der Waals surface area contributed by atoms with Crippen molar-refractivity contribution in [2.75, 3.05) is 13.2 Å². The van der Waals surface area contributed by atoms with Crippen molar-refractivity contribution < 1.29 is 29.7 Å². The quantitative estimate of drug-likeness (QED) is 0.407. The molecular formula is C17H23N3O6. The van der Waals surface area contributed by atoms with E-state index in [1.165, 1.54) is 17.0 Å². The van der Waals surface area contributed by atoms with Gasteiger partial charge in [-0.05, 0) is 30.5 Å². The van der Waals surface area contributed by atoms with Gasteiger partial charge in [-0.3, -0.25) is 9.59 Å². The Kier molecular flexibility index (Phi) is 6.53. The van der Waals surface area contributed by atoms with Crippen LogP contribution in [0, 0.1) is 0 Å². The average molecular weight is 365 g/mol. The number of likely N-dealkylation sites (tertiary alicyclic amines) is 1. The van der Waals surface area contributed by atoms with Crippen LogP contribution in [0.3, 0.4) is 0 Å². The molecule has 3 atom stereocenters. The maximum Gasteiger partial charge on any atom is 0.326 e. The molecule has 0 saturated carbocycles. The van der Waals surface area contributed by atoms with Gasteiger partial charge in [0.15, 0.2) is 0 Å². The minimum atomic E-state index is -1.20. The molecule has 9 nitrogen and oxygen atoms in total. The largest absolute Gasteiger partial charge is 0.508 e. The normalized spacial score (nSPS) is 19.0. The van der Waals surface area contributed by atoms with Gasteiger partial charge in [-0.25, -0.2) is 4.79 Å². The van der Waals surface area contributed by atoms with E-state index < -0.39 is 42.5 Å². The van der Waals surface area contributed by atoms with Gasteiger partial charge < -0.3 is 31.3 Å². The number of rotatable bonds is 7. The number of nitrogens with one attached hydrogen (secondary N) is 1. The monoisotopic (exact) mass is 365 g/mol. The van der Waals surface area contributed by atoms with E-state index in [-0.39, 0.29) is 12.2 Å². The van der Waals surface area contributed by atoms with Gasteiger partial charge in [0.25, 0.3) is 0 Å². The van der Waals surface area contributed by atoms with E-state index in [1.807, 2.05) is 0 Å². The van der Waals surface area contributed by atoms with Crippen molar-refractivity contribution in [3.63, 3.8) is 0 Å². The van der Waals surface area contributed by atoms with Crippen molar-refractivity contribution in [3.05, 3.63) is 29.8 Å². The lowest BCUT2D eigenvalue weighted by molar-refractivity contribution is -0.144. The number of hydrogen-bond donors (Lipinski definition) is 5. The van der Waals surface area contributed by atoms with E-state index in [4.69, 9.17) is 10.8 Å². The van der Waals surface area contributed by atoms with Gasteiger partial charge in [0, 0.05) is 13.0 Å². The summed E-state index contributed by atoms with van der Waals surface area (Å²) in [7, 11) is 0. The zero-order chi connectivity index (χ0) is 19.3. The molecular weight excluding hydrogens is 342 g/mol. The summed E-state index contributed by atoms with van der Waals surface area (Å²) < 4.78 is 0. The molecule has 26 heavy (non-hydrogen) atoms. The van der Waals surface area contributed by atoms with Gasteiger partial charge in [-0.15, -0.1) is 0 Å². The van der Waals surface area contributed by atoms with Crippen molar-refractivity contribution in [2.24, 2.45) is 5.73 Å². The Labute approximate surface area is 150 Å². The first-order chi connectivity index (χ1) is 12.3. The SMILES string of the molecule is NC(CO)C(=O)N1CCCC1C(=O)NC(Cc1ccc(O)cc1)C(=O)O. The van der Waals surface area contributed by atoms with Crippen molar-refractivity contribution in [1.29, 1.82) is 0 Å². The van der Waals surface area contributed by atoms with Crippen molar-refractivity contribution in [1.82, 2.24) is 10.2 Å². The van der Waals surface area contributed by atoms with E-state index in [1.54, 1.807) is 12.1 Å². The molecule has 142 valence electrons. The van der Waals surface area contributed by atoms with Crippen LogP contribution in [0.25, 0.3) is 0 Å². The second-order valence-corrected chi connectivity index (χ2v) is 6.25. The molecule has 0 radical (unpaired) electrons. The molecule has 2 rings (SSSR count). The highest BCUT2D eigenvalue weighted by molar-refractivity contribution is 5.92. The third-order valence-corrected chi connectivity index (χ3v) is 4.34. The standard InChI is InChI=1S/C17H23N3O6/c18-12(9-21)16(24)20-7-1-2-14(20)15(23)19-13(17(25)26)8-10-3-5-11(22)6-4-10/h3-6,12-14,21-22H,1-2,7-9,18H2,(H,19,23)(H,25,26). The average Bonchev–Trinajstić information content (AvgIpc) is 3.11. The number of amides is 2. The van der Waals surface area contributed by atoms with Crippen molar-refractivity contribution >= 4 is 17.8 Å². The molecule has 1 fully saturated rings. The van der Waals surface area contributed by atoms with E-state index in [0.717, 1.165) is 0 Å². The second-order valence-electron chi connectivity index (χ2n) is 6.25. The number of carboxylic acid groups (broad SMARTS) is 1. The summed E-state index contributed by atoms with van der Waals surface area (Å²) in [6.07, 6.45) is 1.04. The summed E-state index contributed by atoms with van der Waals surface area (Å²) in [4.78, 5) is 37.5. The van der Waals surface area contributed by atoms with Crippen LogP contribution in [0.4, 0.5) is 0 Å². The fourth-order valence-corrected chi connectivity index (χ4v) is 2.93. The minimum absolute atomic E-state index is 0.0399. The number of carbonyl (C=O) groups is 3. The smallest absolute Gasteiger partial charge is 0.326 e. The number of carbonyl (C=O) groups excluding carboxylic acids is 2. The lowest BCUT2D eigenvalue weighted by Crippen LogP contribution is -2.54. The number of aliphatic hydroxyl groups is 1. The maximum absolute atomic E-state index is 12.5. The number of aliphatic hydroxyl groups excluding tert-OH is 1. The van der Waals surface area contributed by atoms with Crippen LogP contribution in [-0.2, 0) is 20.8 Å². The first kappa shape index (κ1) is 19.7. The second kappa shape index (κ2) is 8.63. The number of phenols is 1. The zero-order valence-electron chi connectivity index (χ0n) is 14.2. The summed E-state index contributed by atoms with van der Waals surface area (Å²) in [6, 6.07) is 2.94. The lowest BCUT2D eigenvalue weighted by atomic mass is 10.0. The van der Waals surface area contributed by atoms with Gasteiger partial charge in [-0.2, -0.15) is 0 Å². The molecule has 3 unspecified atom stereocenters. The Bertz CT molecular complexity index is 663. The molecule has 1 aromatic rings. The van der Waals surface area contributed by atoms with Crippen LogP contribution in [0.5, 0.6) is 5.75 Å². The first-order valence-electron chi connectivity index (χ1n) is 8.31. The Morgan fingerprint density at radius 1 is 1.27 bits per heavy atom. The Morgan fingerprint density at radius 3 is 2.50 bits per heavy atom. The Hall–Kier alpha value is -2.65. The fraction of sp³-hybridized carbons (Fsp3) is 0.471. The predicted octanol–water partition coefficient (Wildman–Crippen LogP) is -1.19. The molecule has 1 saturated heterocycles. The fourth-order valence-electron chi connectivity index (χ4n) is 2.93. The molecule has 1 heterocycles. The number of phenolic OH excluding ortho intramolecular Hbond substituents is 1. The Morgan fingerprint density at radius 2 is 1.92 bits per heavy atom. The lowest BCUT2D eigenvalue weighted by Gasteiger charge is -2.27. The number of nitrogens with two attached hydrogens (primary N) is 1. The molecule has 0 aliphatic carbocycles. The number of benzene rings is 1. The molecule has 1 aromatic carbocycles. The van der Waals surface area contributed by atoms with Gasteiger partial charge in [0.1, 0.15) is 23.9 Å². The van der Waals surface area contributed by atoms with Gasteiger partial charge in [0.05, 0.1) is 6.61 Å². The van der Waals surface area contributed by atoms with E-state index in [2.05, 4.69) is 5.32 Å². The van der Waals surface area contributed by atoms with Crippen molar-refractivity contribution in [3.8, 4) is 5.75 Å². The minimum Gasteiger partial charge on any atom is -0.508 e. The van der Waals surface area contributed by atoms with Crippen LogP contribution >= 0.6 is 0 Å².